The molecular weight excluding hydrogens is 186 g/mol. The maximum absolute atomic E-state index is 5.36. The standard InChI is InChI=1S/C13H15NO/c1-9(2)13-10(3)12(14-15-13)11-7-5-4-6-8-11/h4-9H,1-3H3. The third-order valence-corrected chi connectivity index (χ3v) is 2.53. The number of benzene rings is 1. The summed E-state index contributed by atoms with van der Waals surface area (Å²) < 4.78 is 5.36. The van der Waals surface area contributed by atoms with Gasteiger partial charge in [-0.15, -0.1) is 0 Å². The fourth-order valence-electron chi connectivity index (χ4n) is 1.75. The van der Waals surface area contributed by atoms with Crippen molar-refractivity contribution in [2.24, 2.45) is 0 Å². The van der Waals surface area contributed by atoms with Crippen LogP contribution in [0.1, 0.15) is 31.1 Å². The summed E-state index contributed by atoms with van der Waals surface area (Å²) in [4.78, 5) is 0. The van der Waals surface area contributed by atoms with E-state index in [1.54, 1.807) is 0 Å². The van der Waals surface area contributed by atoms with Gasteiger partial charge in [0.1, 0.15) is 11.5 Å². The van der Waals surface area contributed by atoms with Gasteiger partial charge in [0, 0.05) is 17.0 Å². The van der Waals surface area contributed by atoms with E-state index in [2.05, 4.69) is 38.1 Å². The molecule has 0 spiro atoms. The Morgan fingerprint density at radius 1 is 1.13 bits per heavy atom. The zero-order valence-corrected chi connectivity index (χ0v) is 9.32. The monoisotopic (exact) mass is 201 g/mol. The van der Waals surface area contributed by atoms with Gasteiger partial charge in [0.15, 0.2) is 0 Å². The number of nitrogens with zero attached hydrogens (tertiary/aromatic N) is 1. The molecule has 1 aromatic heterocycles. The summed E-state index contributed by atoms with van der Waals surface area (Å²) in [5.41, 5.74) is 3.22. The molecule has 1 aromatic carbocycles. The molecule has 0 saturated heterocycles. The van der Waals surface area contributed by atoms with Gasteiger partial charge in [-0.2, -0.15) is 0 Å². The molecule has 2 heteroatoms. The van der Waals surface area contributed by atoms with Crippen LogP contribution in [0.15, 0.2) is 34.9 Å². The highest BCUT2D eigenvalue weighted by atomic mass is 16.5. The first kappa shape index (κ1) is 9.97. The second kappa shape index (κ2) is 3.89. The Hall–Kier alpha value is -1.57. The van der Waals surface area contributed by atoms with Crippen molar-refractivity contribution in [3.63, 3.8) is 0 Å². The fourth-order valence-corrected chi connectivity index (χ4v) is 1.75. The van der Waals surface area contributed by atoms with Gasteiger partial charge in [-0.05, 0) is 6.92 Å². The fraction of sp³-hybridized carbons (Fsp3) is 0.308. The molecule has 2 nitrogen and oxygen atoms in total. The highest BCUT2D eigenvalue weighted by Crippen LogP contribution is 2.28. The quantitative estimate of drug-likeness (QED) is 0.739. The molecule has 0 bridgehead atoms. The van der Waals surface area contributed by atoms with Gasteiger partial charge in [-0.25, -0.2) is 0 Å². The van der Waals surface area contributed by atoms with Gasteiger partial charge < -0.3 is 4.52 Å². The Bertz CT molecular complexity index is 443. The average Bonchev–Trinajstić information content (AvgIpc) is 2.61. The summed E-state index contributed by atoms with van der Waals surface area (Å²) in [6.07, 6.45) is 0. The first-order chi connectivity index (χ1) is 7.20. The number of aromatic nitrogens is 1. The van der Waals surface area contributed by atoms with E-state index < -0.39 is 0 Å². The molecule has 0 unspecified atom stereocenters. The van der Waals surface area contributed by atoms with E-state index in [9.17, 15) is 0 Å². The third kappa shape index (κ3) is 1.80. The molecule has 0 aliphatic rings. The summed E-state index contributed by atoms with van der Waals surface area (Å²) in [5, 5.41) is 4.13. The molecule has 0 aliphatic carbocycles. The van der Waals surface area contributed by atoms with Crippen LogP contribution in [0.5, 0.6) is 0 Å². The highest BCUT2D eigenvalue weighted by Gasteiger charge is 2.15. The normalized spacial score (nSPS) is 10.9. The Morgan fingerprint density at radius 2 is 1.80 bits per heavy atom. The molecule has 0 N–H and O–H groups in total. The molecule has 2 aromatic rings. The van der Waals surface area contributed by atoms with Crippen molar-refractivity contribution < 1.29 is 4.52 Å². The van der Waals surface area contributed by atoms with Crippen molar-refractivity contribution in [3.05, 3.63) is 41.7 Å². The van der Waals surface area contributed by atoms with Gasteiger partial charge in [-0.3, -0.25) is 0 Å². The SMILES string of the molecule is Cc1c(-c2ccccc2)noc1C(C)C. The summed E-state index contributed by atoms with van der Waals surface area (Å²) >= 11 is 0. The smallest absolute Gasteiger partial charge is 0.142 e. The Kier molecular flexibility index (Phi) is 2.58. The topological polar surface area (TPSA) is 26.0 Å². The third-order valence-electron chi connectivity index (χ3n) is 2.53. The predicted molar refractivity (Wildman–Crippen MR) is 60.8 cm³/mol. The van der Waals surface area contributed by atoms with Gasteiger partial charge >= 0.3 is 0 Å². The molecule has 0 atom stereocenters. The van der Waals surface area contributed by atoms with E-state index in [4.69, 9.17) is 4.52 Å². The average molecular weight is 201 g/mol. The lowest BCUT2D eigenvalue weighted by molar-refractivity contribution is 0.371. The van der Waals surface area contributed by atoms with Crippen molar-refractivity contribution in [1.29, 1.82) is 0 Å². The maximum Gasteiger partial charge on any atom is 0.142 e. The van der Waals surface area contributed by atoms with Crippen molar-refractivity contribution in [2.75, 3.05) is 0 Å². The molecule has 0 radical (unpaired) electrons. The minimum atomic E-state index is 0.384. The van der Waals surface area contributed by atoms with E-state index in [1.807, 2.05) is 18.2 Å². The van der Waals surface area contributed by atoms with Crippen molar-refractivity contribution in [2.45, 2.75) is 26.7 Å². The van der Waals surface area contributed by atoms with Crippen molar-refractivity contribution in [1.82, 2.24) is 5.16 Å². The Morgan fingerprint density at radius 3 is 2.33 bits per heavy atom. The second-order valence-electron chi connectivity index (χ2n) is 4.04. The number of hydrogen-bond donors (Lipinski definition) is 0. The lowest BCUT2D eigenvalue weighted by Crippen LogP contribution is -1.87. The minimum absolute atomic E-state index is 0.384. The molecule has 1 heterocycles. The number of hydrogen-bond acceptors (Lipinski definition) is 2. The van der Waals surface area contributed by atoms with Crippen LogP contribution in [0.25, 0.3) is 11.3 Å². The minimum Gasteiger partial charge on any atom is -0.360 e. The zero-order valence-electron chi connectivity index (χ0n) is 9.32. The van der Waals surface area contributed by atoms with Crippen LogP contribution in [0.3, 0.4) is 0 Å². The molecule has 78 valence electrons. The molecule has 0 saturated carbocycles. The second-order valence-corrected chi connectivity index (χ2v) is 4.04. The lowest BCUT2D eigenvalue weighted by atomic mass is 10.0. The zero-order chi connectivity index (χ0) is 10.8. The van der Waals surface area contributed by atoms with Crippen LogP contribution in [0.4, 0.5) is 0 Å². The Labute approximate surface area is 89.9 Å². The van der Waals surface area contributed by atoms with Crippen LogP contribution >= 0.6 is 0 Å². The summed E-state index contributed by atoms with van der Waals surface area (Å²) in [7, 11) is 0. The van der Waals surface area contributed by atoms with Crippen LogP contribution in [-0.2, 0) is 0 Å². The van der Waals surface area contributed by atoms with Crippen LogP contribution in [0, 0.1) is 6.92 Å². The summed E-state index contributed by atoms with van der Waals surface area (Å²) in [6.45, 7) is 6.29. The molecule has 0 fully saturated rings. The highest BCUT2D eigenvalue weighted by molar-refractivity contribution is 5.62. The van der Waals surface area contributed by atoms with Crippen LogP contribution in [-0.4, -0.2) is 5.16 Å². The summed E-state index contributed by atoms with van der Waals surface area (Å²) in [6, 6.07) is 10.1. The largest absolute Gasteiger partial charge is 0.360 e. The first-order valence-electron chi connectivity index (χ1n) is 5.21. The van der Waals surface area contributed by atoms with Crippen LogP contribution in [0.2, 0.25) is 0 Å². The van der Waals surface area contributed by atoms with Gasteiger partial charge in [0.25, 0.3) is 0 Å². The lowest BCUT2D eigenvalue weighted by Gasteiger charge is -2.00. The van der Waals surface area contributed by atoms with E-state index in [0.29, 0.717) is 5.92 Å². The van der Waals surface area contributed by atoms with Crippen molar-refractivity contribution >= 4 is 0 Å². The molecule has 2 rings (SSSR count). The molecular formula is C13H15NO. The summed E-state index contributed by atoms with van der Waals surface area (Å²) in [5.74, 6) is 1.36. The number of rotatable bonds is 2. The van der Waals surface area contributed by atoms with Gasteiger partial charge in [0.2, 0.25) is 0 Å². The van der Waals surface area contributed by atoms with Gasteiger partial charge in [-0.1, -0.05) is 49.3 Å². The van der Waals surface area contributed by atoms with E-state index in [-0.39, 0.29) is 0 Å². The molecule has 15 heavy (non-hydrogen) atoms. The molecule has 0 aliphatic heterocycles. The first-order valence-corrected chi connectivity index (χ1v) is 5.21. The maximum atomic E-state index is 5.36. The van der Waals surface area contributed by atoms with E-state index in [1.165, 1.54) is 0 Å². The van der Waals surface area contributed by atoms with E-state index in [0.717, 1.165) is 22.6 Å². The van der Waals surface area contributed by atoms with Gasteiger partial charge in [0.05, 0.1) is 0 Å². The molecule has 0 amide bonds. The van der Waals surface area contributed by atoms with Crippen LogP contribution < -0.4 is 0 Å². The Balaban J connectivity index is 2.47. The predicted octanol–water partition coefficient (Wildman–Crippen LogP) is 3.77. The van der Waals surface area contributed by atoms with E-state index >= 15 is 0 Å². The van der Waals surface area contributed by atoms with Crippen molar-refractivity contribution in [3.8, 4) is 11.3 Å².